The minimum absolute atomic E-state index is 0.213. The topological polar surface area (TPSA) is 37.3 Å². The molecule has 0 aliphatic heterocycles. The third-order valence-corrected chi connectivity index (χ3v) is 2.37. The number of allylic oxidation sites excluding steroid dienone is 1. The molecule has 0 heterocycles. The fraction of sp³-hybridized carbons (Fsp3) is 0.769. The van der Waals surface area contributed by atoms with Gasteiger partial charge in [-0.3, -0.25) is 0 Å². The van der Waals surface area contributed by atoms with E-state index in [1.165, 1.54) is 0 Å². The highest BCUT2D eigenvalue weighted by Gasteiger charge is 2.16. The monoisotopic (exact) mass is 212 g/mol. The molecule has 0 fully saturated rings. The highest BCUT2D eigenvalue weighted by atomic mass is 16.3. The van der Waals surface area contributed by atoms with E-state index >= 15 is 0 Å². The van der Waals surface area contributed by atoms with Crippen molar-refractivity contribution < 1.29 is 9.90 Å². The van der Waals surface area contributed by atoms with Crippen LogP contribution < -0.4 is 0 Å². The molecule has 0 amide bonds. The number of aliphatic hydroxyl groups is 1. The maximum Gasteiger partial charge on any atom is 0.119 e. The van der Waals surface area contributed by atoms with E-state index in [0.717, 1.165) is 25.5 Å². The molecule has 0 spiro atoms. The van der Waals surface area contributed by atoms with Gasteiger partial charge in [-0.2, -0.15) is 0 Å². The lowest BCUT2D eigenvalue weighted by Gasteiger charge is -2.23. The van der Waals surface area contributed by atoms with Gasteiger partial charge in [-0.15, -0.1) is 0 Å². The van der Waals surface area contributed by atoms with Crippen LogP contribution in [-0.4, -0.2) is 17.0 Å². The molecule has 0 aromatic rings. The number of hydrogen-bond donors (Lipinski definition) is 1. The lowest BCUT2D eigenvalue weighted by molar-refractivity contribution is -0.108. The Morgan fingerprint density at radius 1 is 1.20 bits per heavy atom. The minimum Gasteiger partial charge on any atom is -0.386 e. The van der Waals surface area contributed by atoms with E-state index in [4.69, 9.17) is 0 Å². The summed E-state index contributed by atoms with van der Waals surface area (Å²) in [7, 11) is 0. The van der Waals surface area contributed by atoms with Gasteiger partial charge in [0.15, 0.2) is 0 Å². The van der Waals surface area contributed by atoms with Gasteiger partial charge in [0.1, 0.15) is 6.29 Å². The second-order valence-corrected chi connectivity index (χ2v) is 5.48. The normalized spacial score (nSPS) is 13.4. The van der Waals surface area contributed by atoms with E-state index in [9.17, 15) is 9.90 Å². The second kappa shape index (κ2) is 6.06. The average molecular weight is 212 g/mol. The molecule has 2 heteroatoms. The number of hydrogen-bond acceptors (Lipinski definition) is 2. The molecule has 88 valence electrons. The van der Waals surface area contributed by atoms with Crippen molar-refractivity contribution in [2.24, 2.45) is 5.41 Å². The summed E-state index contributed by atoms with van der Waals surface area (Å²) in [5, 5.41) is 9.50. The van der Waals surface area contributed by atoms with Crippen molar-refractivity contribution in [3.05, 3.63) is 12.2 Å². The van der Waals surface area contributed by atoms with Crippen LogP contribution in [0.15, 0.2) is 12.2 Å². The van der Waals surface area contributed by atoms with E-state index in [1.54, 1.807) is 13.8 Å². The minimum atomic E-state index is -0.723. The summed E-state index contributed by atoms with van der Waals surface area (Å²) in [5.74, 6) is 0. The summed E-state index contributed by atoms with van der Waals surface area (Å²) in [4.78, 5) is 10.2. The van der Waals surface area contributed by atoms with Gasteiger partial charge in [-0.05, 0) is 38.5 Å². The van der Waals surface area contributed by atoms with Gasteiger partial charge in [0.2, 0.25) is 0 Å². The predicted octanol–water partition coefficient (Wildman–Crippen LogP) is 3.10. The predicted molar refractivity (Wildman–Crippen MR) is 63.8 cm³/mol. The third-order valence-electron chi connectivity index (χ3n) is 2.37. The Morgan fingerprint density at radius 2 is 1.80 bits per heavy atom. The van der Waals surface area contributed by atoms with Gasteiger partial charge in [-0.1, -0.05) is 26.0 Å². The summed E-state index contributed by atoms with van der Waals surface area (Å²) in [6.45, 7) is 7.91. The quantitative estimate of drug-likeness (QED) is 0.400. The molecule has 0 aliphatic rings. The smallest absolute Gasteiger partial charge is 0.119 e. The zero-order valence-electron chi connectivity index (χ0n) is 10.4. The van der Waals surface area contributed by atoms with Crippen LogP contribution >= 0.6 is 0 Å². The Kier molecular flexibility index (Phi) is 5.81. The highest BCUT2D eigenvalue weighted by Crippen LogP contribution is 2.28. The van der Waals surface area contributed by atoms with E-state index in [2.05, 4.69) is 13.8 Å². The Morgan fingerprint density at radius 3 is 2.27 bits per heavy atom. The third kappa shape index (κ3) is 9.67. The van der Waals surface area contributed by atoms with Gasteiger partial charge in [0.25, 0.3) is 0 Å². The first kappa shape index (κ1) is 14.4. The molecule has 15 heavy (non-hydrogen) atoms. The molecule has 0 radical (unpaired) electrons. The van der Waals surface area contributed by atoms with E-state index in [-0.39, 0.29) is 5.41 Å². The fourth-order valence-electron chi connectivity index (χ4n) is 1.43. The molecule has 0 rings (SSSR count). The Bertz CT molecular complexity index is 209. The van der Waals surface area contributed by atoms with Gasteiger partial charge in [-0.25, -0.2) is 0 Å². The van der Waals surface area contributed by atoms with E-state index in [0.29, 0.717) is 6.42 Å². The molecule has 0 atom stereocenters. The number of carbonyl (C=O) groups excluding carboxylic acids is 1. The number of carbonyl (C=O) groups is 1. The van der Waals surface area contributed by atoms with Crippen LogP contribution in [0.4, 0.5) is 0 Å². The zero-order chi connectivity index (χ0) is 11.9. The van der Waals surface area contributed by atoms with Gasteiger partial charge >= 0.3 is 0 Å². The lowest BCUT2D eigenvalue weighted by Crippen LogP contribution is -2.15. The standard InChI is InChI=1S/C13H24O2/c1-12(2,8-5-6-11-14)9-7-10-13(3,4)15/h7,10-11,15H,5-6,8-9H2,1-4H3/b10-7+. The maximum atomic E-state index is 10.2. The van der Waals surface area contributed by atoms with Crippen LogP contribution in [0.5, 0.6) is 0 Å². The van der Waals surface area contributed by atoms with Crippen LogP contribution in [0.25, 0.3) is 0 Å². The zero-order valence-corrected chi connectivity index (χ0v) is 10.4. The van der Waals surface area contributed by atoms with Crippen molar-refractivity contribution in [2.45, 2.75) is 59.0 Å². The lowest BCUT2D eigenvalue weighted by atomic mass is 9.83. The van der Waals surface area contributed by atoms with Crippen molar-refractivity contribution in [1.82, 2.24) is 0 Å². The molecular weight excluding hydrogens is 188 g/mol. The van der Waals surface area contributed by atoms with Crippen LogP contribution in [0, 0.1) is 5.41 Å². The van der Waals surface area contributed by atoms with Crippen LogP contribution in [0.3, 0.4) is 0 Å². The average Bonchev–Trinajstić information content (AvgIpc) is 2.01. The summed E-state index contributed by atoms with van der Waals surface area (Å²) in [6, 6.07) is 0. The van der Waals surface area contributed by atoms with Crippen LogP contribution in [-0.2, 0) is 4.79 Å². The molecule has 0 aromatic heterocycles. The first-order chi connectivity index (χ1) is 6.77. The van der Waals surface area contributed by atoms with Crippen molar-refractivity contribution in [2.75, 3.05) is 0 Å². The fourth-order valence-corrected chi connectivity index (χ4v) is 1.43. The highest BCUT2D eigenvalue weighted by molar-refractivity contribution is 5.48. The Balaban J connectivity index is 3.92. The van der Waals surface area contributed by atoms with Crippen molar-refractivity contribution in [3.63, 3.8) is 0 Å². The number of aldehydes is 1. The first-order valence-corrected chi connectivity index (χ1v) is 5.60. The second-order valence-electron chi connectivity index (χ2n) is 5.48. The maximum absolute atomic E-state index is 10.2. The first-order valence-electron chi connectivity index (χ1n) is 5.60. The summed E-state index contributed by atoms with van der Waals surface area (Å²) in [6.07, 6.45) is 8.42. The molecule has 0 saturated carbocycles. The molecular formula is C13H24O2. The summed E-state index contributed by atoms with van der Waals surface area (Å²) >= 11 is 0. The largest absolute Gasteiger partial charge is 0.386 e. The molecule has 0 aliphatic carbocycles. The number of unbranched alkanes of at least 4 members (excludes halogenated alkanes) is 1. The van der Waals surface area contributed by atoms with Crippen LogP contribution in [0.2, 0.25) is 0 Å². The molecule has 0 unspecified atom stereocenters. The van der Waals surface area contributed by atoms with Gasteiger partial charge in [0.05, 0.1) is 5.60 Å². The Hall–Kier alpha value is -0.630. The molecule has 0 bridgehead atoms. The molecule has 0 saturated heterocycles. The number of rotatable bonds is 7. The van der Waals surface area contributed by atoms with Crippen LogP contribution in [0.1, 0.15) is 53.4 Å². The van der Waals surface area contributed by atoms with Gasteiger partial charge < -0.3 is 9.90 Å². The van der Waals surface area contributed by atoms with Crippen molar-refractivity contribution in [3.8, 4) is 0 Å². The van der Waals surface area contributed by atoms with E-state index < -0.39 is 5.60 Å². The summed E-state index contributed by atoms with van der Waals surface area (Å²) < 4.78 is 0. The molecule has 2 nitrogen and oxygen atoms in total. The van der Waals surface area contributed by atoms with Crippen molar-refractivity contribution >= 4 is 6.29 Å². The SMILES string of the molecule is CC(C)(O)/C=C/CC(C)(C)CCCC=O. The van der Waals surface area contributed by atoms with Crippen molar-refractivity contribution in [1.29, 1.82) is 0 Å². The van der Waals surface area contributed by atoms with Gasteiger partial charge in [0, 0.05) is 6.42 Å². The summed E-state index contributed by atoms with van der Waals surface area (Å²) in [5.41, 5.74) is -0.510. The molecule has 1 N–H and O–H groups in total. The Labute approximate surface area is 93.4 Å². The van der Waals surface area contributed by atoms with E-state index in [1.807, 2.05) is 12.2 Å². The molecule has 0 aromatic carbocycles.